The number of rotatable bonds is 57. The minimum absolute atomic E-state index is 0.00977. The monoisotopic (exact) mass is 1710 g/mol. The van der Waals surface area contributed by atoms with E-state index >= 15 is 0 Å². The number of hydrogen-bond donors (Lipinski definition) is 17. The van der Waals surface area contributed by atoms with E-state index in [1.165, 1.54) is 41.5 Å². The van der Waals surface area contributed by atoms with Crippen LogP contribution in [0.1, 0.15) is 194 Å². The van der Waals surface area contributed by atoms with E-state index in [1.807, 2.05) is 63.1 Å². The second kappa shape index (κ2) is 87.4. The molecule has 38 nitrogen and oxygen atoms in total. The Morgan fingerprint density at radius 3 is 1.08 bits per heavy atom. The fourth-order valence-electron chi connectivity index (χ4n) is 8.43. The van der Waals surface area contributed by atoms with Crippen molar-refractivity contribution in [3.05, 3.63) is 0 Å². The third kappa shape index (κ3) is 94.7. The first kappa shape index (κ1) is 128. The van der Waals surface area contributed by atoms with Crippen LogP contribution in [0.2, 0.25) is 0 Å². The van der Waals surface area contributed by atoms with Gasteiger partial charge in [-0.2, -0.15) is 0 Å². The Morgan fingerprint density at radius 1 is 0.420 bits per heavy atom. The van der Waals surface area contributed by atoms with Crippen molar-refractivity contribution in [1.29, 1.82) is 0 Å². The summed E-state index contributed by atoms with van der Waals surface area (Å²) in [6, 6.07) is -2.33. The highest BCUT2D eigenvalue weighted by Crippen LogP contribution is 2.29. The summed E-state index contributed by atoms with van der Waals surface area (Å²) in [4.78, 5) is 166. The van der Waals surface area contributed by atoms with Gasteiger partial charge in [-0.3, -0.25) is 67.1 Å². The van der Waals surface area contributed by atoms with Crippen molar-refractivity contribution < 1.29 is 111 Å². The number of carbonyl (C=O) groups is 15. The SMILES string of the molecule is CC(C)=O.CNCCOCCC(=O)NC(C)(C)C(C)=O.CNCCOCCC(=O)NC1(C(C)=O)CCCCC1.CNCCOCCC(=O)NC[C@H](C)O.CNCCOCCC(=O)N[C@@H](C(C)=O)C(C)C.CNCCOCCC(=O)N[C@H](C)C(C)=O.CNCCOCCC(C)=O.CNC[C@@H](N)C(=O)N[C@H](CCC(=O)O)C(C)=O.CN[C@@H](C)C(C)=O. The number of ketones is 8. The summed E-state index contributed by atoms with van der Waals surface area (Å²) in [6.07, 6.45) is 6.18. The Hall–Kier alpha value is -6.99. The number of carboxylic acid groups (broad SMARTS) is 1. The quantitative estimate of drug-likeness (QED) is 0.0348. The molecule has 38 heteroatoms. The minimum atomic E-state index is -1.01. The number of likely N-dealkylation sites (N-methyl/N-ethyl adjacent to an activating group) is 8. The molecule has 6 atom stereocenters. The van der Waals surface area contributed by atoms with E-state index in [-0.39, 0.29) is 120 Å². The van der Waals surface area contributed by atoms with Gasteiger partial charge in [0.15, 0.2) is 28.9 Å². The van der Waals surface area contributed by atoms with Crippen molar-refractivity contribution in [1.82, 2.24) is 74.4 Å². The van der Waals surface area contributed by atoms with Crippen LogP contribution in [-0.2, 0) is 100 Å². The molecular weight excluding hydrogens is 1550 g/mol. The second-order valence-electron chi connectivity index (χ2n) is 28.7. The van der Waals surface area contributed by atoms with Crippen LogP contribution < -0.4 is 80.2 Å². The van der Waals surface area contributed by atoms with E-state index in [9.17, 15) is 71.9 Å². The fraction of sp³-hybridized carbons (Fsp3) is 0.815. The van der Waals surface area contributed by atoms with Crippen LogP contribution in [-0.4, -0.2) is 333 Å². The van der Waals surface area contributed by atoms with Gasteiger partial charge in [0.05, 0.1) is 127 Å². The zero-order valence-corrected chi connectivity index (χ0v) is 76.9. The predicted molar refractivity (Wildman–Crippen MR) is 462 cm³/mol. The van der Waals surface area contributed by atoms with Crippen LogP contribution in [0.15, 0.2) is 0 Å². The molecule has 0 aromatic heterocycles. The van der Waals surface area contributed by atoms with E-state index in [0.29, 0.717) is 118 Å². The molecule has 0 aromatic carbocycles. The first-order valence-corrected chi connectivity index (χ1v) is 40.9. The number of aliphatic hydroxyl groups is 1. The summed E-state index contributed by atoms with van der Waals surface area (Å²) in [5.41, 5.74) is 4.13. The second-order valence-corrected chi connectivity index (χ2v) is 28.7. The van der Waals surface area contributed by atoms with Crippen molar-refractivity contribution >= 4 is 87.7 Å². The first-order chi connectivity index (χ1) is 55.8. The molecule has 1 aliphatic rings. The molecular formula is C81H163N15O23. The Balaban J connectivity index is -0.000000198. The molecule has 0 spiro atoms. The van der Waals surface area contributed by atoms with Gasteiger partial charge in [0.25, 0.3) is 0 Å². The number of Topliss-reactive ketones (excluding diaryl/α,β-unsaturated/α-hetero) is 8. The lowest BCUT2D eigenvalue weighted by molar-refractivity contribution is -0.138. The molecule has 1 fully saturated rings. The molecule has 1 rings (SSSR count). The molecule has 1 aliphatic carbocycles. The average Bonchev–Trinajstić information content (AvgIpc) is 0.821. The molecule has 0 heterocycles. The Morgan fingerprint density at radius 2 is 0.782 bits per heavy atom. The zero-order valence-electron chi connectivity index (χ0n) is 76.9. The van der Waals surface area contributed by atoms with E-state index in [1.54, 1.807) is 62.6 Å². The highest BCUT2D eigenvalue weighted by molar-refractivity contribution is 5.93. The molecule has 0 unspecified atom stereocenters. The number of nitrogens with two attached hydrogens (primary N) is 1. The Bertz CT molecular complexity index is 2690. The maximum atomic E-state index is 11.9. The maximum Gasteiger partial charge on any atom is 0.303 e. The number of amides is 6. The van der Waals surface area contributed by atoms with Crippen molar-refractivity contribution in [2.75, 3.05) is 188 Å². The van der Waals surface area contributed by atoms with E-state index in [2.05, 4.69) is 74.4 Å². The van der Waals surface area contributed by atoms with E-state index in [0.717, 1.165) is 71.4 Å². The summed E-state index contributed by atoms with van der Waals surface area (Å²) in [5.74, 6) is -1.76. The summed E-state index contributed by atoms with van der Waals surface area (Å²) in [6.45, 7) is 37.3. The van der Waals surface area contributed by atoms with Crippen LogP contribution in [0.4, 0.5) is 0 Å². The predicted octanol–water partition coefficient (Wildman–Crippen LogP) is -0.273. The number of ether oxygens (including phenoxy) is 6. The van der Waals surface area contributed by atoms with Crippen LogP contribution in [0.3, 0.4) is 0 Å². The average molecular weight is 1720 g/mol. The van der Waals surface area contributed by atoms with Gasteiger partial charge in [0, 0.05) is 97.3 Å². The molecule has 6 amide bonds. The van der Waals surface area contributed by atoms with Gasteiger partial charge in [-0.05, 0) is 178 Å². The highest BCUT2D eigenvalue weighted by Gasteiger charge is 2.38. The van der Waals surface area contributed by atoms with Gasteiger partial charge in [-0.1, -0.05) is 33.1 Å². The molecule has 0 aromatic rings. The topological polar surface area (TPSA) is 546 Å². The third-order valence-corrected chi connectivity index (χ3v) is 16.3. The Labute approximate surface area is 711 Å². The molecule has 700 valence electrons. The number of aliphatic hydroxyl groups excluding tert-OH is 1. The third-order valence-electron chi connectivity index (χ3n) is 16.3. The fourth-order valence-corrected chi connectivity index (χ4v) is 8.43. The summed E-state index contributed by atoms with van der Waals surface area (Å²) in [5, 5.41) is 56.6. The van der Waals surface area contributed by atoms with Gasteiger partial charge >= 0.3 is 5.97 Å². The lowest BCUT2D eigenvalue weighted by atomic mass is 9.79. The van der Waals surface area contributed by atoms with E-state index < -0.39 is 47.2 Å². The molecule has 0 aliphatic heterocycles. The maximum absolute atomic E-state index is 11.9. The summed E-state index contributed by atoms with van der Waals surface area (Å²) in [7, 11) is 14.5. The number of hydrogen-bond acceptors (Lipinski definition) is 31. The number of carboxylic acids is 1. The van der Waals surface area contributed by atoms with Gasteiger partial charge in [-0.25, -0.2) is 0 Å². The van der Waals surface area contributed by atoms with Crippen LogP contribution >= 0.6 is 0 Å². The van der Waals surface area contributed by atoms with Crippen molar-refractivity contribution in [3.8, 4) is 0 Å². The van der Waals surface area contributed by atoms with Crippen LogP contribution in [0.5, 0.6) is 0 Å². The largest absolute Gasteiger partial charge is 0.481 e. The van der Waals surface area contributed by atoms with Gasteiger partial charge in [0.2, 0.25) is 35.4 Å². The van der Waals surface area contributed by atoms with Gasteiger partial charge < -0.3 is 124 Å². The minimum Gasteiger partial charge on any atom is -0.481 e. The van der Waals surface area contributed by atoms with Crippen molar-refractivity contribution in [2.24, 2.45) is 11.7 Å². The van der Waals surface area contributed by atoms with Gasteiger partial charge in [0.1, 0.15) is 17.3 Å². The lowest BCUT2D eigenvalue weighted by Crippen LogP contribution is -2.54. The van der Waals surface area contributed by atoms with Crippen molar-refractivity contribution in [2.45, 2.75) is 242 Å². The molecule has 1 saturated carbocycles. The van der Waals surface area contributed by atoms with Crippen LogP contribution in [0, 0.1) is 5.92 Å². The van der Waals surface area contributed by atoms with E-state index in [4.69, 9.17) is 44.4 Å². The number of nitrogens with one attached hydrogen (secondary N) is 14. The molecule has 0 saturated heterocycles. The zero-order chi connectivity index (χ0) is 93.2. The number of carbonyl (C=O) groups excluding carboxylic acids is 14. The standard InChI is InChI=1S/C14H26N2O3.C12H24N2O3.C11H22N2O3.C10H19N3O4.C10H20N2O3.C9H20N2O3.C7H15NO2.C5H11NO.C3H6O/c1-12(17)14(7-4-3-5-8-14)16-13(18)6-10-19-11-9-15-2;1-9(2)12(10(3)15)14-11(16)5-7-17-8-6-13-4;1-9(14)11(2,3)13-10(15)5-7-16-8-6-12-4;1-6(14)8(3-4-9(15)16)13-10(17)7(11)5-12-2;1-8(9(2)13)12-10(14)4-6-15-7-5-11-3;1-8(12)7-11-9(13)3-5-14-6-4-10-2;1-7(9)3-5-10-6-4-8-2;1-4(6-3)5(2)7;1-3(2)4/h15H,3-11H2,1-2H3,(H,16,18);9,12-13H,5-8H2,1-4H3,(H,14,16);12H,5-8H2,1-4H3,(H,13,15);7-8,12H,3-5,11H2,1-2H3,(H,13,17)(H,15,16);8,11H,4-7H2,1-3H3,(H,12,14);8,10,12H,3-7H2,1-2H3,(H,11,13);8H,3-6H2,1-2H3;4,6H,1-3H3;1-2H3/t;12-;;7-,8-;2*8-;;4-;/m.1.110.0./s1. The summed E-state index contributed by atoms with van der Waals surface area (Å²) >= 11 is 0. The Kier molecular flexibility index (Phi) is 93.7. The molecule has 119 heavy (non-hydrogen) atoms. The smallest absolute Gasteiger partial charge is 0.303 e. The normalized spacial score (nSPS) is 13.0. The van der Waals surface area contributed by atoms with Crippen LogP contribution in [0.25, 0.3) is 0 Å². The van der Waals surface area contributed by atoms with Gasteiger partial charge in [-0.15, -0.1) is 0 Å². The van der Waals surface area contributed by atoms with Crippen molar-refractivity contribution in [3.63, 3.8) is 0 Å². The molecule has 18 N–H and O–H groups in total. The molecule has 0 bridgehead atoms. The summed E-state index contributed by atoms with van der Waals surface area (Å²) < 4.78 is 31.2. The highest BCUT2D eigenvalue weighted by atomic mass is 16.5. The molecule has 0 radical (unpaired) electrons. The first-order valence-electron chi connectivity index (χ1n) is 40.9. The lowest BCUT2D eigenvalue weighted by Gasteiger charge is -2.35. The number of aliphatic carboxylic acids is 1.